The Morgan fingerprint density at radius 2 is 1.67 bits per heavy atom. The van der Waals surface area contributed by atoms with Crippen LogP contribution in [0.5, 0.6) is 0 Å². The zero-order valence-corrected chi connectivity index (χ0v) is 17.3. The fourth-order valence-electron chi connectivity index (χ4n) is 2.85. The van der Waals surface area contributed by atoms with Crippen LogP contribution in [0.15, 0.2) is 40.8 Å². The van der Waals surface area contributed by atoms with Crippen LogP contribution in [0, 0.1) is 0 Å². The molecular weight excluding hydrogens is 362 g/mol. The van der Waals surface area contributed by atoms with Gasteiger partial charge in [-0.1, -0.05) is 51.2 Å². The summed E-state index contributed by atoms with van der Waals surface area (Å²) in [4.78, 5) is 11.7. The average molecular weight is 394 g/mol. The van der Waals surface area contributed by atoms with Gasteiger partial charge in [-0.25, -0.2) is 4.79 Å². The number of nitrogens with one attached hydrogen (secondary N) is 1. The molecule has 1 heterocycles. The van der Waals surface area contributed by atoms with Crippen molar-refractivity contribution in [3.63, 3.8) is 0 Å². The van der Waals surface area contributed by atoms with Gasteiger partial charge in [-0.05, 0) is 44.2 Å². The highest BCUT2D eigenvalue weighted by molar-refractivity contribution is 5.89. The first kappa shape index (κ1) is 23.3. The van der Waals surface area contributed by atoms with E-state index in [4.69, 9.17) is 9.15 Å². The fourth-order valence-corrected chi connectivity index (χ4v) is 2.85. The summed E-state index contributed by atoms with van der Waals surface area (Å²) in [5.41, 5.74) is 1.52. The van der Waals surface area contributed by atoms with E-state index in [9.17, 15) is 4.79 Å². The molecule has 2 rings (SSSR count). The van der Waals surface area contributed by atoms with Crippen LogP contribution >= 0.6 is 12.4 Å². The van der Waals surface area contributed by atoms with E-state index < -0.39 is 0 Å². The van der Waals surface area contributed by atoms with Crippen LogP contribution in [-0.4, -0.2) is 19.1 Å². The SMILES string of the molecule is CCCCCCCCNCc1ccc(-c2ccc(C(=O)OCC)cc2)o1.Cl. The molecule has 1 N–H and O–H groups in total. The van der Waals surface area contributed by atoms with Crippen LogP contribution < -0.4 is 5.32 Å². The lowest BCUT2D eigenvalue weighted by Gasteiger charge is -2.04. The quantitative estimate of drug-likeness (QED) is 0.355. The first-order valence-corrected chi connectivity index (χ1v) is 9.81. The topological polar surface area (TPSA) is 51.5 Å². The predicted molar refractivity (Wildman–Crippen MR) is 112 cm³/mol. The van der Waals surface area contributed by atoms with E-state index in [0.717, 1.165) is 30.2 Å². The van der Waals surface area contributed by atoms with Gasteiger partial charge in [0.25, 0.3) is 0 Å². The molecule has 0 bridgehead atoms. The van der Waals surface area contributed by atoms with Crippen LogP contribution in [0.3, 0.4) is 0 Å². The number of carbonyl (C=O) groups excluding carboxylic acids is 1. The van der Waals surface area contributed by atoms with Gasteiger partial charge < -0.3 is 14.5 Å². The Balaban J connectivity index is 0.00000364. The van der Waals surface area contributed by atoms with Crippen molar-refractivity contribution in [3.8, 4) is 11.3 Å². The third-order valence-corrected chi connectivity index (χ3v) is 4.35. The summed E-state index contributed by atoms with van der Waals surface area (Å²) in [7, 11) is 0. The summed E-state index contributed by atoms with van der Waals surface area (Å²) in [5.74, 6) is 1.45. The molecule has 1 aromatic heterocycles. The maximum atomic E-state index is 11.7. The maximum absolute atomic E-state index is 11.7. The van der Waals surface area contributed by atoms with Gasteiger partial charge in [-0.15, -0.1) is 12.4 Å². The number of hydrogen-bond donors (Lipinski definition) is 1. The highest BCUT2D eigenvalue weighted by Crippen LogP contribution is 2.23. The molecule has 0 aliphatic rings. The average Bonchev–Trinajstić information content (AvgIpc) is 3.13. The van der Waals surface area contributed by atoms with Crippen molar-refractivity contribution in [2.45, 2.75) is 58.9 Å². The molecule has 4 nitrogen and oxygen atoms in total. The van der Waals surface area contributed by atoms with E-state index in [2.05, 4.69) is 12.2 Å². The smallest absolute Gasteiger partial charge is 0.338 e. The maximum Gasteiger partial charge on any atom is 0.338 e. The molecule has 0 aliphatic heterocycles. The van der Waals surface area contributed by atoms with Gasteiger partial charge in [0, 0.05) is 5.56 Å². The van der Waals surface area contributed by atoms with Gasteiger partial charge in [0.2, 0.25) is 0 Å². The zero-order chi connectivity index (χ0) is 18.6. The summed E-state index contributed by atoms with van der Waals surface area (Å²) in [6, 6.07) is 11.3. The van der Waals surface area contributed by atoms with E-state index in [1.54, 1.807) is 19.1 Å². The third-order valence-electron chi connectivity index (χ3n) is 4.35. The van der Waals surface area contributed by atoms with E-state index in [1.165, 1.54) is 38.5 Å². The highest BCUT2D eigenvalue weighted by Gasteiger charge is 2.08. The lowest BCUT2D eigenvalue weighted by Crippen LogP contribution is -2.14. The monoisotopic (exact) mass is 393 g/mol. The van der Waals surface area contributed by atoms with E-state index in [1.807, 2.05) is 24.3 Å². The van der Waals surface area contributed by atoms with Crippen molar-refractivity contribution >= 4 is 18.4 Å². The molecule has 0 aliphatic carbocycles. The second-order valence-corrected chi connectivity index (χ2v) is 6.51. The normalized spacial score (nSPS) is 10.4. The van der Waals surface area contributed by atoms with Crippen molar-refractivity contribution in [3.05, 3.63) is 47.7 Å². The standard InChI is InChI=1S/C22H31NO3.ClH/c1-3-5-6-7-8-9-16-23-17-20-14-15-21(26-20)18-10-12-19(13-11-18)22(24)25-4-2;/h10-15,23H,3-9,16-17H2,1-2H3;1H. The van der Waals surface area contributed by atoms with E-state index >= 15 is 0 Å². The van der Waals surface area contributed by atoms with Crippen LogP contribution in [0.2, 0.25) is 0 Å². The summed E-state index contributed by atoms with van der Waals surface area (Å²) >= 11 is 0. The number of hydrogen-bond acceptors (Lipinski definition) is 4. The van der Waals surface area contributed by atoms with Crippen LogP contribution in [-0.2, 0) is 11.3 Å². The highest BCUT2D eigenvalue weighted by atomic mass is 35.5. The molecule has 0 amide bonds. The van der Waals surface area contributed by atoms with E-state index in [-0.39, 0.29) is 18.4 Å². The van der Waals surface area contributed by atoms with Crippen molar-refractivity contribution in [1.82, 2.24) is 5.32 Å². The number of benzene rings is 1. The minimum Gasteiger partial charge on any atom is -0.462 e. The Bertz CT molecular complexity index is 652. The van der Waals surface area contributed by atoms with Crippen LogP contribution in [0.1, 0.15) is 68.5 Å². The molecule has 1 aromatic carbocycles. The van der Waals surface area contributed by atoms with Crippen molar-refractivity contribution in [1.29, 1.82) is 0 Å². The Hall–Kier alpha value is -1.78. The third kappa shape index (κ3) is 8.19. The van der Waals surface area contributed by atoms with Crippen LogP contribution in [0.4, 0.5) is 0 Å². The molecular formula is C22H32ClNO3. The number of ether oxygens (including phenoxy) is 1. The number of furan rings is 1. The summed E-state index contributed by atoms with van der Waals surface area (Å²) < 4.78 is 10.9. The molecule has 5 heteroatoms. The largest absolute Gasteiger partial charge is 0.462 e. The molecule has 150 valence electrons. The molecule has 2 aromatic rings. The number of carbonyl (C=O) groups is 1. The van der Waals surface area contributed by atoms with Gasteiger partial charge in [-0.3, -0.25) is 0 Å². The fraction of sp³-hybridized carbons (Fsp3) is 0.500. The Morgan fingerprint density at radius 3 is 2.37 bits per heavy atom. The molecule has 0 fully saturated rings. The molecule has 0 radical (unpaired) electrons. The molecule has 27 heavy (non-hydrogen) atoms. The van der Waals surface area contributed by atoms with Crippen molar-refractivity contribution < 1.29 is 13.9 Å². The minimum absolute atomic E-state index is 0. The Labute approximate surface area is 169 Å². The molecule has 0 saturated heterocycles. The molecule has 0 unspecified atom stereocenters. The van der Waals surface area contributed by atoms with E-state index in [0.29, 0.717) is 12.2 Å². The summed E-state index contributed by atoms with van der Waals surface area (Å²) in [6.45, 7) is 6.20. The minimum atomic E-state index is -0.293. The Morgan fingerprint density at radius 1 is 0.963 bits per heavy atom. The summed E-state index contributed by atoms with van der Waals surface area (Å²) in [5, 5.41) is 3.44. The van der Waals surface area contributed by atoms with Gasteiger partial charge in [0.05, 0.1) is 18.7 Å². The first-order chi connectivity index (χ1) is 12.7. The van der Waals surface area contributed by atoms with Crippen molar-refractivity contribution in [2.75, 3.05) is 13.2 Å². The number of esters is 1. The van der Waals surface area contributed by atoms with Gasteiger partial charge in [0.1, 0.15) is 11.5 Å². The van der Waals surface area contributed by atoms with Gasteiger partial charge >= 0.3 is 5.97 Å². The second kappa shape index (κ2) is 13.4. The number of rotatable bonds is 12. The lowest BCUT2D eigenvalue weighted by molar-refractivity contribution is 0.0526. The lowest BCUT2D eigenvalue weighted by atomic mass is 10.1. The van der Waals surface area contributed by atoms with Gasteiger partial charge in [-0.2, -0.15) is 0 Å². The molecule has 0 spiro atoms. The number of unbranched alkanes of at least 4 members (excludes halogenated alkanes) is 5. The molecule has 0 atom stereocenters. The van der Waals surface area contributed by atoms with Gasteiger partial charge in [0.15, 0.2) is 0 Å². The zero-order valence-electron chi connectivity index (χ0n) is 16.5. The van der Waals surface area contributed by atoms with Crippen LogP contribution in [0.25, 0.3) is 11.3 Å². The van der Waals surface area contributed by atoms with Crippen molar-refractivity contribution in [2.24, 2.45) is 0 Å². The number of halogens is 1. The summed E-state index contributed by atoms with van der Waals surface area (Å²) in [6.07, 6.45) is 7.85. The first-order valence-electron chi connectivity index (χ1n) is 9.81. The Kier molecular flexibility index (Phi) is 11.5. The predicted octanol–water partition coefficient (Wildman–Crippen LogP) is 6.00. The second-order valence-electron chi connectivity index (χ2n) is 6.51. The molecule has 0 saturated carbocycles.